The topological polar surface area (TPSA) is 45.9 Å². The van der Waals surface area contributed by atoms with E-state index in [0.717, 1.165) is 10.9 Å². The van der Waals surface area contributed by atoms with Gasteiger partial charge in [0.2, 0.25) is 0 Å². The van der Waals surface area contributed by atoms with Crippen LogP contribution < -0.4 is 4.74 Å². The van der Waals surface area contributed by atoms with Gasteiger partial charge in [0, 0.05) is 9.86 Å². The maximum Gasteiger partial charge on any atom is 0.146 e. The van der Waals surface area contributed by atoms with Crippen LogP contribution in [0.2, 0.25) is 0 Å². The zero-order valence-corrected chi connectivity index (χ0v) is 12.0. The van der Waals surface area contributed by atoms with Gasteiger partial charge in [0.1, 0.15) is 17.6 Å². The molecule has 2 aromatic carbocycles. The Kier molecular flexibility index (Phi) is 3.36. The average Bonchev–Trinajstić information content (AvgIpc) is 2.47. The van der Waals surface area contributed by atoms with Crippen LogP contribution in [-0.4, -0.2) is 4.98 Å². The van der Waals surface area contributed by atoms with Crippen molar-refractivity contribution in [3.63, 3.8) is 0 Å². The fourth-order valence-corrected chi connectivity index (χ4v) is 2.34. The third kappa shape index (κ3) is 2.49. The Labute approximate surface area is 124 Å². The fraction of sp³-hybridized carbons (Fsp3) is 0. The van der Waals surface area contributed by atoms with Gasteiger partial charge in [-0.15, -0.1) is 0 Å². The van der Waals surface area contributed by atoms with Crippen molar-refractivity contribution in [2.45, 2.75) is 0 Å². The summed E-state index contributed by atoms with van der Waals surface area (Å²) in [6.07, 6.45) is 1.69. The zero-order chi connectivity index (χ0) is 13.9. The summed E-state index contributed by atoms with van der Waals surface area (Å²) >= 11 is 3.34. The van der Waals surface area contributed by atoms with Gasteiger partial charge >= 0.3 is 0 Å². The Balaban J connectivity index is 1.93. The van der Waals surface area contributed by atoms with Gasteiger partial charge in [0.25, 0.3) is 0 Å². The lowest BCUT2D eigenvalue weighted by atomic mass is 10.2. The fourth-order valence-electron chi connectivity index (χ4n) is 1.89. The Morgan fingerprint density at radius 3 is 2.70 bits per heavy atom. The number of rotatable bonds is 2. The smallest absolute Gasteiger partial charge is 0.146 e. The highest BCUT2D eigenvalue weighted by molar-refractivity contribution is 9.10. The van der Waals surface area contributed by atoms with E-state index in [2.05, 4.69) is 27.0 Å². The van der Waals surface area contributed by atoms with E-state index in [0.29, 0.717) is 21.5 Å². The van der Waals surface area contributed by atoms with Gasteiger partial charge in [-0.05, 0) is 46.3 Å². The average molecular weight is 325 g/mol. The molecule has 0 aliphatic rings. The highest BCUT2D eigenvalue weighted by Crippen LogP contribution is 2.27. The molecular formula is C16H9BrN2O. The summed E-state index contributed by atoms with van der Waals surface area (Å²) in [6, 6.07) is 17.1. The van der Waals surface area contributed by atoms with Gasteiger partial charge < -0.3 is 4.74 Å². The van der Waals surface area contributed by atoms with E-state index in [1.807, 2.05) is 30.3 Å². The molecule has 0 N–H and O–H groups in total. The number of para-hydroxylation sites is 1. The number of benzene rings is 2. The maximum atomic E-state index is 8.89. The number of aromatic nitrogens is 1. The van der Waals surface area contributed by atoms with Gasteiger partial charge in [-0.1, -0.05) is 18.2 Å². The summed E-state index contributed by atoms with van der Waals surface area (Å²) in [7, 11) is 0. The standard InChI is InChI=1S/C16H9BrN2O/c17-15-8-13(6-5-12(15)9-18)20-14-7-11-3-1-2-4-16(11)19-10-14/h1-8,10H. The van der Waals surface area contributed by atoms with E-state index in [9.17, 15) is 0 Å². The van der Waals surface area contributed by atoms with Gasteiger partial charge in [0.05, 0.1) is 17.3 Å². The molecule has 0 atom stereocenters. The third-order valence-corrected chi connectivity index (χ3v) is 3.52. The molecule has 0 amide bonds. The van der Waals surface area contributed by atoms with E-state index < -0.39 is 0 Å². The first kappa shape index (κ1) is 12.6. The van der Waals surface area contributed by atoms with Crippen LogP contribution in [0.3, 0.4) is 0 Å². The predicted octanol–water partition coefficient (Wildman–Crippen LogP) is 4.66. The highest BCUT2D eigenvalue weighted by atomic mass is 79.9. The SMILES string of the molecule is N#Cc1ccc(Oc2cnc3ccccc3c2)cc1Br. The lowest BCUT2D eigenvalue weighted by Gasteiger charge is -2.07. The van der Waals surface area contributed by atoms with E-state index in [4.69, 9.17) is 10.00 Å². The summed E-state index contributed by atoms with van der Waals surface area (Å²) < 4.78 is 6.48. The number of pyridine rings is 1. The van der Waals surface area contributed by atoms with Crippen LogP contribution in [0.1, 0.15) is 5.56 Å². The second kappa shape index (κ2) is 5.32. The van der Waals surface area contributed by atoms with Crippen molar-refractivity contribution >= 4 is 26.8 Å². The van der Waals surface area contributed by atoms with Crippen molar-refractivity contribution in [1.29, 1.82) is 5.26 Å². The lowest BCUT2D eigenvalue weighted by Crippen LogP contribution is -1.87. The van der Waals surface area contributed by atoms with Crippen molar-refractivity contribution < 1.29 is 4.74 Å². The Morgan fingerprint density at radius 1 is 1.05 bits per heavy atom. The third-order valence-electron chi connectivity index (χ3n) is 2.86. The largest absolute Gasteiger partial charge is 0.456 e. The predicted molar refractivity (Wildman–Crippen MR) is 80.7 cm³/mol. The zero-order valence-electron chi connectivity index (χ0n) is 10.4. The number of nitrogens with zero attached hydrogens (tertiary/aromatic N) is 2. The first-order valence-corrected chi connectivity index (χ1v) is 6.78. The first-order valence-electron chi connectivity index (χ1n) is 5.98. The van der Waals surface area contributed by atoms with Crippen LogP contribution in [0.4, 0.5) is 0 Å². The molecule has 96 valence electrons. The Morgan fingerprint density at radius 2 is 1.90 bits per heavy atom. The van der Waals surface area contributed by atoms with Crippen molar-refractivity contribution in [3.8, 4) is 17.6 Å². The molecule has 0 aliphatic heterocycles. The van der Waals surface area contributed by atoms with E-state index >= 15 is 0 Å². The molecule has 3 rings (SSSR count). The minimum Gasteiger partial charge on any atom is -0.456 e. The molecule has 4 heteroatoms. The number of halogens is 1. The molecular weight excluding hydrogens is 316 g/mol. The molecule has 3 nitrogen and oxygen atoms in total. The number of fused-ring (bicyclic) bond motifs is 1. The summed E-state index contributed by atoms with van der Waals surface area (Å²) in [5, 5.41) is 9.91. The van der Waals surface area contributed by atoms with E-state index in [1.165, 1.54) is 0 Å². The van der Waals surface area contributed by atoms with E-state index in [-0.39, 0.29) is 0 Å². The summed E-state index contributed by atoms with van der Waals surface area (Å²) in [5.41, 5.74) is 1.51. The lowest BCUT2D eigenvalue weighted by molar-refractivity contribution is 0.481. The summed E-state index contributed by atoms with van der Waals surface area (Å²) in [4.78, 5) is 4.34. The molecule has 0 spiro atoms. The molecule has 0 bridgehead atoms. The summed E-state index contributed by atoms with van der Waals surface area (Å²) in [5.74, 6) is 1.33. The minimum absolute atomic E-state index is 0.578. The first-order chi connectivity index (χ1) is 9.76. The molecule has 0 aliphatic carbocycles. The highest BCUT2D eigenvalue weighted by Gasteiger charge is 2.04. The Hall–Kier alpha value is -2.38. The number of nitriles is 1. The normalized spacial score (nSPS) is 10.2. The quantitative estimate of drug-likeness (QED) is 0.688. The Bertz CT molecular complexity index is 824. The van der Waals surface area contributed by atoms with Crippen molar-refractivity contribution in [1.82, 2.24) is 4.98 Å². The molecule has 0 saturated carbocycles. The second-order valence-corrected chi connectivity index (χ2v) is 5.07. The molecule has 0 fully saturated rings. The second-order valence-electron chi connectivity index (χ2n) is 4.22. The molecule has 0 saturated heterocycles. The van der Waals surface area contributed by atoms with Crippen LogP contribution in [0.25, 0.3) is 10.9 Å². The van der Waals surface area contributed by atoms with Gasteiger partial charge in [-0.2, -0.15) is 5.26 Å². The van der Waals surface area contributed by atoms with Crippen LogP contribution in [0.5, 0.6) is 11.5 Å². The van der Waals surface area contributed by atoms with Crippen molar-refractivity contribution in [2.75, 3.05) is 0 Å². The van der Waals surface area contributed by atoms with Crippen LogP contribution in [-0.2, 0) is 0 Å². The minimum atomic E-state index is 0.578. The monoisotopic (exact) mass is 324 g/mol. The molecule has 1 aromatic heterocycles. The molecule has 1 heterocycles. The van der Waals surface area contributed by atoms with Crippen LogP contribution in [0.15, 0.2) is 59.2 Å². The van der Waals surface area contributed by atoms with Crippen molar-refractivity contribution in [3.05, 3.63) is 64.8 Å². The van der Waals surface area contributed by atoms with Crippen molar-refractivity contribution in [2.24, 2.45) is 0 Å². The molecule has 0 radical (unpaired) electrons. The molecule has 20 heavy (non-hydrogen) atoms. The van der Waals surface area contributed by atoms with Gasteiger partial charge in [0.15, 0.2) is 0 Å². The van der Waals surface area contributed by atoms with Gasteiger partial charge in [-0.3, -0.25) is 4.98 Å². The number of ether oxygens (including phenoxy) is 1. The molecule has 3 aromatic rings. The van der Waals surface area contributed by atoms with Crippen LogP contribution >= 0.6 is 15.9 Å². The molecule has 0 unspecified atom stereocenters. The van der Waals surface area contributed by atoms with E-state index in [1.54, 1.807) is 24.4 Å². The maximum absolute atomic E-state index is 8.89. The number of hydrogen-bond donors (Lipinski definition) is 0. The summed E-state index contributed by atoms with van der Waals surface area (Å²) in [6.45, 7) is 0. The van der Waals surface area contributed by atoms with Crippen LogP contribution in [0, 0.1) is 11.3 Å². The number of hydrogen-bond acceptors (Lipinski definition) is 3. The van der Waals surface area contributed by atoms with Gasteiger partial charge in [-0.25, -0.2) is 0 Å².